The van der Waals surface area contributed by atoms with Crippen LogP contribution >= 0.6 is 0 Å². The summed E-state index contributed by atoms with van der Waals surface area (Å²) in [6.07, 6.45) is 7.09. The minimum absolute atomic E-state index is 0.0920. The average molecular weight is 445 g/mol. The number of hydrogen-bond acceptors (Lipinski definition) is 5. The normalized spacial score (nSPS) is 59.2. The number of aliphatic hydroxyl groups excluding tert-OH is 2. The molecule has 178 valence electrons. The van der Waals surface area contributed by atoms with E-state index in [-0.39, 0.29) is 29.1 Å². The van der Waals surface area contributed by atoms with Gasteiger partial charge in [-0.1, -0.05) is 33.3 Å². The molecule has 5 nitrogen and oxygen atoms in total. The molecule has 32 heavy (non-hydrogen) atoms. The Labute approximate surface area is 191 Å². The maximum Gasteiger partial charge on any atom is 0.171 e. The van der Waals surface area contributed by atoms with Crippen LogP contribution in [-0.2, 0) is 14.3 Å². The van der Waals surface area contributed by atoms with E-state index in [1.165, 1.54) is 5.57 Å². The molecule has 4 aliphatic carbocycles. The summed E-state index contributed by atoms with van der Waals surface area (Å²) in [6, 6.07) is 0. The monoisotopic (exact) mass is 444 g/mol. The molecule has 2 N–H and O–H groups in total. The molecule has 5 fully saturated rings. The van der Waals surface area contributed by atoms with Crippen molar-refractivity contribution in [3.05, 3.63) is 11.6 Å². The molecule has 5 heteroatoms. The van der Waals surface area contributed by atoms with Gasteiger partial charge >= 0.3 is 0 Å². The summed E-state index contributed by atoms with van der Waals surface area (Å²) in [4.78, 5) is 13.9. The van der Waals surface area contributed by atoms with Gasteiger partial charge < -0.3 is 19.7 Å². The minimum Gasteiger partial charge on any atom is -0.390 e. The Hall–Kier alpha value is -0.750. The predicted octanol–water partition coefficient (Wildman–Crippen LogP) is 3.86. The number of fused-ring (bicyclic) bond motifs is 7. The van der Waals surface area contributed by atoms with Crippen molar-refractivity contribution in [1.29, 1.82) is 0 Å². The first-order valence-electron chi connectivity index (χ1n) is 13.0. The second kappa shape index (κ2) is 6.90. The molecule has 0 bridgehead atoms. The first-order chi connectivity index (χ1) is 15.1. The molecular weight excluding hydrogens is 404 g/mol. The third kappa shape index (κ3) is 2.63. The zero-order valence-corrected chi connectivity index (χ0v) is 20.0. The highest BCUT2D eigenvalue weighted by Gasteiger charge is 2.70. The van der Waals surface area contributed by atoms with Gasteiger partial charge in [0.1, 0.15) is 0 Å². The lowest BCUT2D eigenvalue weighted by molar-refractivity contribution is -0.271. The van der Waals surface area contributed by atoms with Crippen molar-refractivity contribution in [2.24, 2.45) is 46.3 Å². The topological polar surface area (TPSA) is 76.0 Å². The third-order valence-electron chi connectivity index (χ3n) is 11.2. The van der Waals surface area contributed by atoms with Crippen molar-refractivity contribution in [3.63, 3.8) is 0 Å². The fraction of sp³-hybridized carbons (Fsp3) is 0.889. The highest BCUT2D eigenvalue weighted by Crippen LogP contribution is 2.69. The van der Waals surface area contributed by atoms with E-state index in [0.29, 0.717) is 36.5 Å². The van der Waals surface area contributed by atoms with Gasteiger partial charge in [-0.25, -0.2) is 0 Å². The Bertz CT molecular complexity index is 843. The van der Waals surface area contributed by atoms with Gasteiger partial charge in [0.05, 0.1) is 24.9 Å². The van der Waals surface area contributed by atoms with Gasteiger partial charge in [0.15, 0.2) is 11.6 Å². The fourth-order valence-corrected chi connectivity index (χ4v) is 9.32. The molecule has 0 aromatic rings. The SMILES string of the molecule is C[C@@H]1CC[C@@]2(OC1)O[C@H]1C[C@@H]3[C@@H]4CC[C@H]5C[C@@H](O)[C@H](O)C[C@]5(C)C4=CC(=O)[C@]3(C)[C@H]1[C@@H]2C. The molecule has 0 unspecified atom stereocenters. The van der Waals surface area contributed by atoms with Crippen LogP contribution in [0.25, 0.3) is 0 Å². The summed E-state index contributed by atoms with van der Waals surface area (Å²) in [6.45, 7) is 9.70. The molecule has 2 heterocycles. The zero-order chi connectivity index (χ0) is 22.6. The van der Waals surface area contributed by atoms with Crippen LogP contribution in [0, 0.1) is 46.3 Å². The highest BCUT2D eigenvalue weighted by atomic mass is 16.7. The molecule has 6 rings (SSSR count). The van der Waals surface area contributed by atoms with Gasteiger partial charge in [-0.2, -0.15) is 0 Å². The lowest BCUT2D eigenvalue weighted by Gasteiger charge is -2.57. The van der Waals surface area contributed by atoms with Crippen molar-refractivity contribution in [1.82, 2.24) is 0 Å². The van der Waals surface area contributed by atoms with E-state index in [1.54, 1.807) is 0 Å². The van der Waals surface area contributed by atoms with E-state index in [2.05, 4.69) is 27.7 Å². The third-order valence-corrected chi connectivity index (χ3v) is 11.2. The van der Waals surface area contributed by atoms with Crippen LogP contribution in [0.3, 0.4) is 0 Å². The van der Waals surface area contributed by atoms with Crippen molar-refractivity contribution >= 4 is 5.78 Å². The zero-order valence-electron chi connectivity index (χ0n) is 20.0. The van der Waals surface area contributed by atoms with Crippen LogP contribution in [0.2, 0.25) is 0 Å². The molecule has 12 atom stereocenters. The van der Waals surface area contributed by atoms with Gasteiger partial charge in [0.25, 0.3) is 0 Å². The molecule has 1 spiro atoms. The number of carbonyl (C=O) groups is 1. The Kier molecular flexibility index (Phi) is 4.69. The van der Waals surface area contributed by atoms with Gasteiger partial charge in [0.2, 0.25) is 0 Å². The van der Waals surface area contributed by atoms with Crippen molar-refractivity contribution in [3.8, 4) is 0 Å². The summed E-state index contributed by atoms with van der Waals surface area (Å²) in [5.74, 6) is 1.77. The average Bonchev–Trinajstić information content (AvgIpc) is 3.19. The largest absolute Gasteiger partial charge is 0.390 e. The van der Waals surface area contributed by atoms with E-state index in [0.717, 1.165) is 38.7 Å². The Morgan fingerprint density at radius 1 is 1.06 bits per heavy atom. The van der Waals surface area contributed by atoms with Crippen LogP contribution in [-0.4, -0.2) is 46.7 Å². The summed E-state index contributed by atoms with van der Waals surface area (Å²) >= 11 is 0. The summed E-state index contributed by atoms with van der Waals surface area (Å²) in [5.41, 5.74) is 0.675. The van der Waals surface area contributed by atoms with Crippen molar-refractivity contribution < 1.29 is 24.5 Å². The highest BCUT2D eigenvalue weighted by molar-refractivity contribution is 5.97. The molecule has 6 aliphatic rings. The van der Waals surface area contributed by atoms with E-state index >= 15 is 0 Å². The number of rotatable bonds is 0. The van der Waals surface area contributed by atoms with E-state index in [9.17, 15) is 15.0 Å². The first-order valence-corrected chi connectivity index (χ1v) is 13.0. The Morgan fingerprint density at radius 2 is 1.84 bits per heavy atom. The van der Waals surface area contributed by atoms with Gasteiger partial charge in [-0.05, 0) is 73.7 Å². The molecule has 0 aromatic heterocycles. The van der Waals surface area contributed by atoms with E-state index < -0.39 is 23.4 Å². The second-order valence-electron chi connectivity index (χ2n) is 12.7. The number of allylic oxidation sites excluding steroid dienone is 2. The smallest absolute Gasteiger partial charge is 0.171 e. The molecule has 2 aliphatic heterocycles. The van der Waals surface area contributed by atoms with E-state index in [1.807, 2.05) is 6.08 Å². The molecule has 3 saturated carbocycles. The number of hydrogen-bond donors (Lipinski definition) is 2. The molecule has 0 radical (unpaired) electrons. The lowest BCUT2D eigenvalue weighted by Crippen LogP contribution is -2.55. The molecule has 0 aromatic carbocycles. The van der Waals surface area contributed by atoms with E-state index in [4.69, 9.17) is 9.47 Å². The van der Waals surface area contributed by atoms with Gasteiger partial charge in [0, 0.05) is 23.7 Å². The molecule has 2 saturated heterocycles. The minimum atomic E-state index is -0.698. The predicted molar refractivity (Wildman–Crippen MR) is 119 cm³/mol. The molecular formula is C27H40O5. The lowest BCUT2D eigenvalue weighted by atomic mass is 9.47. The standard InChI is InChI=1S/C27H40O5/c1-14-7-8-27(31-13-14)15(2)24-22(32-27)10-19-17-6-5-16-9-20(28)21(29)12-25(16,3)18(17)11-23(30)26(19,24)4/h11,14-17,19-22,24,28-29H,5-10,12-13H2,1-4H3/t14-,15+,16+,17-,19-,20-,21-,22+,24+,25+,26-,27-/m1/s1. The van der Waals surface area contributed by atoms with Crippen LogP contribution in [0.4, 0.5) is 0 Å². The van der Waals surface area contributed by atoms with Crippen LogP contribution in [0.5, 0.6) is 0 Å². The number of ketones is 1. The first kappa shape index (κ1) is 21.8. The van der Waals surface area contributed by atoms with Crippen LogP contribution in [0.1, 0.15) is 72.6 Å². The summed E-state index contributed by atoms with van der Waals surface area (Å²) in [7, 11) is 0. The van der Waals surface area contributed by atoms with Crippen molar-refractivity contribution in [2.45, 2.75) is 96.7 Å². The second-order valence-corrected chi connectivity index (χ2v) is 12.7. The summed E-state index contributed by atoms with van der Waals surface area (Å²) in [5, 5.41) is 20.8. The summed E-state index contributed by atoms with van der Waals surface area (Å²) < 4.78 is 13.1. The maximum absolute atomic E-state index is 13.9. The number of carbonyl (C=O) groups excluding carboxylic acids is 1. The van der Waals surface area contributed by atoms with Crippen molar-refractivity contribution in [2.75, 3.05) is 6.61 Å². The van der Waals surface area contributed by atoms with Crippen LogP contribution in [0.15, 0.2) is 11.6 Å². The number of aliphatic hydroxyl groups is 2. The van der Waals surface area contributed by atoms with Gasteiger partial charge in [-0.15, -0.1) is 0 Å². The quantitative estimate of drug-likeness (QED) is 0.593. The van der Waals surface area contributed by atoms with Crippen LogP contribution < -0.4 is 0 Å². The number of ether oxygens (including phenoxy) is 2. The Balaban J connectivity index is 1.35. The fourth-order valence-electron chi connectivity index (χ4n) is 9.32. The van der Waals surface area contributed by atoms with Gasteiger partial charge in [-0.3, -0.25) is 4.79 Å². The Morgan fingerprint density at radius 3 is 2.56 bits per heavy atom. The maximum atomic E-state index is 13.9. The molecule has 0 amide bonds.